The SMILES string of the molecule is C=C(O)CCNC(=C)c1ccc(C(CC(C)C)Nc2ccc3ccccc3n2)cc1. The van der Waals surface area contributed by atoms with Gasteiger partial charge in [-0.25, -0.2) is 4.98 Å². The number of nitrogens with one attached hydrogen (secondary N) is 2. The normalized spacial score (nSPS) is 12.0. The van der Waals surface area contributed by atoms with Crippen LogP contribution in [0.1, 0.15) is 43.9 Å². The van der Waals surface area contributed by atoms with Gasteiger partial charge in [-0.05, 0) is 41.7 Å². The number of pyridine rings is 1. The van der Waals surface area contributed by atoms with Crippen LogP contribution in [0.3, 0.4) is 0 Å². The van der Waals surface area contributed by atoms with E-state index in [0.29, 0.717) is 18.9 Å². The van der Waals surface area contributed by atoms with Crippen LogP contribution in [0.2, 0.25) is 0 Å². The molecule has 3 rings (SSSR count). The molecule has 4 heteroatoms. The quantitative estimate of drug-likeness (QED) is 0.341. The third kappa shape index (κ3) is 5.86. The zero-order valence-electron chi connectivity index (χ0n) is 17.9. The standard InChI is InChI=1S/C26H31N3O/c1-18(2)17-25(29-26-14-13-22-7-5-6-8-24(22)28-26)23-11-9-21(10-12-23)20(4)27-16-15-19(3)30/h5-14,18,25,27,30H,3-4,15-17H2,1-2H3,(H,28,29). The number of hydrogen-bond donors (Lipinski definition) is 3. The molecule has 3 N–H and O–H groups in total. The Bertz CT molecular complexity index is 1010. The topological polar surface area (TPSA) is 57.2 Å². The molecule has 0 radical (unpaired) electrons. The Balaban J connectivity index is 1.74. The Labute approximate surface area is 179 Å². The fourth-order valence-corrected chi connectivity index (χ4v) is 3.45. The third-order valence-electron chi connectivity index (χ3n) is 5.04. The molecule has 1 atom stereocenters. The van der Waals surface area contributed by atoms with E-state index < -0.39 is 0 Å². The van der Waals surface area contributed by atoms with E-state index in [1.165, 1.54) is 5.56 Å². The van der Waals surface area contributed by atoms with E-state index in [0.717, 1.165) is 34.4 Å². The van der Waals surface area contributed by atoms with Crippen LogP contribution in [0.4, 0.5) is 5.82 Å². The van der Waals surface area contributed by atoms with Gasteiger partial charge in [0.15, 0.2) is 0 Å². The maximum atomic E-state index is 9.21. The lowest BCUT2D eigenvalue weighted by Gasteiger charge is -2.22. The number of para-hydroxylation sites is 1. The van der Waals surface area contributed by atoms with E-state index >= 15 is 0 Å². The van der Waals surface area contributed by atoms with Gasteiger partial charge in [-0.2, -0.15) is 0 Å². The van der Waals surface area contributed by atoms with Gasteiger partial charge in [0.2, 0.25) is 0 Å². The van der Waals surface area contributed by atoms with Crippen molar-refractivity contribution in [3.63, 3.8) is 0 Å². The smallest absolute Gasteiger partial charge is 0.127 e. The van der Waals surface area contributed by atoms with Gasteiger partial charge < -0.3 is 15.7 Å². The van der Waals surface area contributed by atoms with Crippen molar-refractivity contribution in [3.8, 4) is 0 Å². The number of aliphatic hydroxyl groups is 1. The highest BCUT2D eigenvalue weighted by atomic mass is 16.3. The van der Waals surface area contributed by atoms with Gasteiger partial charge >= 0.3 is 0 Å². The third-order valence-corrected chi connectivity index (χ3v) is 5.04. The molecule has 156 valence electrons. The molecule has 0 aliphatic heterocycles. The van der Waals surface area contributed by atoms with Gasteiger partial charge in [-0.1, -0.05) is 69.5 Å². The van der Waals surface area contributed by atoms with E-state index in [-0.39, 0.29) is 11.8 Å². The van der Waals surface area contributed by atoms with E-state index in [1.54, 1.807) is 0 Å². The summed E-state index contributed by atoms with van der Waals surface area (Å²) in [5.41, 5.74) is 4.09. The monoisotopic (exact) mass is 401 g/mol. The minimum absolute atomic E-state index is 0.173. The molecule has 0 saturated heterocycles. The number of rotatable bonds is 10. The summed E-state index contributed by atoms with van der Waals surface area (Å²) in [6.45, 7) is 12.7. The molecule has 0 spiro atoms. The Morgan fingerprint density at radius 1 is 1.00 bits per heavy atom. The summed E-state index contributed by atoms with van der Waals surface area (Å²) in [5.74, 6) is 1.61. The number of nitrogens with zero attached hydrogens (tertiary/aromatic N) is 1. The molecule has 2 aromatic carbocycles. The maximum Gasteiger partial charge on any atom is 0.127 e. The second kappa shape index (κ2) is 9.97. The molecule has 0 bridgehead atoms. The van der Waals surface area contributed by atoms with Crippen LogP contribution in [-0.2, 0) is 0 Å². The summed E-state index contributed by atoms with van der Waals surface area (Å²) in [6.07, 6.45) is 1.52. The molecule has 4 nitrogen and oxygen atoms in total. The lowest BCUT2D eigenvalue weighted by atomic mass is 9.96. The molecule has 30 heavy (non-hydrogen) atoms. The van der Waals surface area contributed by atoms with Crippen molar-refractivity contribution in [1.29, 1.82) is 0 Å². The average Bonchev–Trinajstić information content (AvgIpc) is 2.72. The van der Waals surface area contributed by atoms with Crippen LogP contribution in [0.5, 0.6) is 0 Å². The lowest BCUT2D eigenvalue weighted by molar-refractivity contribution is 0.391. The van der Waals surface area contributed by atoms with Gasteiger partial charge in [0, 0.05) is 24.0 Å². The van der Waals surface area contributed by atoms with Crippen molar-refractivity contribution in [2.24, 2.45) is 5.92 Å². The Hall–Kier alpha value is -3.27. The Kier molecular flexibility index (Phi) is 7.12. The van der Waals surface area contributed by atoms with Gasteiger partial charge in [-0.3, -0.25) is 0 Å². The highest BCUT2D eigenvalue weighted by molar-refractivity contribution is 5.80. The number of aromatic nitrogens is 1. The molecule has 3 aromatic rings. The minimum atomic E-state index is 0.173. The number of benzene rings is 2. The summed E-state index contributed by atoms with van der Waals surface area (Å²) in [6, 6.07) is 21.0. The highest BCUT2D eigenvalue weighted by Crippen LogP contribution is 2.27. The molecule has 1 aromatic heterocycles. The first-order chi connectivity index (χ1) is 14.4. The molecule has 0 amide bonds. The van der Waals surface area contributed by atoms with Crippen molar-refractivity contribution >= 4 is 22.4 Å². The minimum Gasteiger partial charge on any atom is -0.513 e. The Morgan fingerprint density at radius 2 is 1.73 bits per heavy atom. The van der Waals surface area contributed by atoms with Crippen molar-refractivity contribution in [3.05, 3.63) is 90.7 Å². The van der Waals surface area contributed by atoms with Crippen LogP contribution in [0.25, 0.3) is 16.6 Å². The second-order valence-corrected chi connectivity index (χ2v) is 8.06. The largest absolute Gasteiger partial charge is 0.513 e. The average molecular weight is 402 g/mol. The molecule has 0 saturated carbocycles. The summed E-state index contributed by atoms with van der Waals surface area (Å²) in [4.78, 5) is 4.78. The maximum absolute atomic E-state index is 9.21. The predicted octanol–water partition coefficient (Wildman–Crippen LogP) is 6.46. The van der Waals surface area contributed by atoms with E-state index in [2.05, 4.69) is 74.0 Å². The number of fused-ring (bicyclic) bond motifs is 1. The van der Waals surface area contributed by atoms with E-state index in [1.807, 2.05) is 24.3 Å². The Morgan fingerprint density at radius 3 is 2.43 bits per heavy atom. The number of anilines is 1. The summed E-state index contributed by atoms with van der Waals surface area (Å²) in [7, 11) is 0. The molecule has 0 fully saturated rings. The number of hydrogen-bond acceptors (Lipinski definition) is 4. The van der Waals surface area contributed by atoms with Crippen LogP contribution in [0.15, 0.2) is 79.6 Å². The van der Waals surface area contributed by atoms with Crippen molar-refractivity contribution in [2.75, 3.05) is 11.9 Å². The molecule has 0 aliphatic carbocycles. The van der Waals surface area contributed by atoms with Crippen LogP contribution in [0, 0.1) is 5.92 Å². The van der Waals surface area contributed by atoms with Crippen LogP contribution < -0.4 is 10.6 Å². The first-order valence-corrected chi connectivity index (χ1v) is 10.4. The van der Waals surface area contributed by atoms with Gasteiger partial charge in [0.05, 0.1) is 17.3 Å². The van der Waals surface area contributed by atoms with Crippen molar-refractivity contribution in [1.82, 2.24) is 10.3 Å². The van der Waals surface area contributed by atoms with Gasteiger partial charge in [0.1, 0.15) is 5.82 Å². The summed E-state index contributed by atoms with van der Waals surface area (Å²) >= 11 is 0. The van der Waals surface area contributed by atoms with E-state index in [9.17, 15) is 5.11 Å². The summed E-state index contributed by atoms with van der Waals surface area (Å²) in [5, 5.41) is 17.2. The molecule has 1 unspecified atom stereocenters. The molecular formula is C26H31N3O. The van der Waals surface area contributed by atoms with Crippen LogP contribution in [-0.4, -0.2) is 16.6 Å². The second-order valence-electron chi connectivity index (χ2n) is 8.06. The molecular weight excluding hydrogens is 370 g/mol. The first-order valence-electron chi connectivity index (χ1n) is 10.4. The summed E-state index contributed by atoms with van der Waals surface area (Å²) < 4.78 is 0. The molecule has 1 heterocycles. The fraction of sp³-hybridized carbons (Fsp3) is 0.269. The van der Waals surface area contributed by atoms with E-state index in [4.69, 9.17) is 4.98 Å². The van der Waals surface area contributed by atoms with Gasteiger partial charge in [-0.15, -0.1) is 0 Å². The molecule has 0 aliphatic rings. The van der Waals surface area contributed by atoms with Gasteiger partial charge in [0.25, 0.3) is 0 Å². The zero-order chi connectivity index (χ0) is 21.5. The van der Waals surface area contributed by atoms with Crippen molar-refractivity contribution < 1.29 is 5.11 Å². The number of aliphatic hydroxyl groups excluding tert-OH is 1. The lowest BCUT2D eigenvalue weighted by Crippen LogP contribution is -2.15. The first kappa shape index (κ1) is 21.4. The highest BCUT2D eigenvalue weighted by Gasteiger charge is 2.15. The van der Waals surface area contributed by atoms with Crippen LogP contribution >= 0.6 is 0 Å². The van der Waals surface area contributed by atoms with Crippen molar-refractivity contribution in [2.45, 2.75) is 32.7 Å². The fourth-order valence-electron chi connectivity index (χ4n) is 3.45. The zero-order valence-corrected chi connectivity index (χ0v) is 17.9. The predicted molar refractivity (Wildman–Crippen MR) is 127 cm³/mol.